The summed E-state index contributed by atoms with van der Waals surface area (Å²) in [5.74, 6) is 1.85. The van der Waals surface area contributed by atoms with Crippen LogP contribution in [0.1, 0.15) is 0 Å². The van der Waals surface area contributed by atoms with Crippen LogP contribution >= 0.6 is 0 Å². The quantitative estimate of drug-likeness (QED) is 0.721. The van der Waals surface area contributed by atoms with Gasteiger partial charge in [-0.25, -0.2) is 4.98 Å². The van der Waals surface area contributed by atoms with Crippen molar-refractivity contribution in [3.8, 4) is 23.0 Å². The maximum atomic E-state index is 5.69. The molecule has 96 valence electrons. The highest BCUT2D eigenvalue weighted by Gasteiger charge is 2.14. The van der Waals surface area contributed by atoms with Crippen LogP contribution in [-0.4, -0.2) is 24.2 Å². The SMILES string of the molecule is COc1ccc(OC)c(-c2nc3ncccc3o2)c1. The largest absolute Gasteiger partial charge is 0.497 e. The van der Waals surface area contributed by atoms with Crippen LogP contribution in [0.5, 0.6) is 11.5 Å². The summed E-state index contributed by atoms with van der Waals surface area (Å²) < 4.78 is 16.2. The van der Waals surface area contributed by atoms with Gasteiger partial charge < -0.3 is 13.9 Å². The second kappa shape index (κ2) is 4.61. The molecule has 0 N–H and O–H groups in total. The van der Waals surface area contributed by atoms with Gasteiger partial charge in [0.15, 0.2) is 11.2 Å². The van der Waals surface area contributed by atoms with Gasteiger partial charge in [-0.2, -0.15) is 4.98 Å². The number of nitrogens with zero attached hydrogens (tertiary/aromatic N) is 2. The van der Waals surface area contributed by atoms with Crippen LogP contribution in [0.25, 0.3) is 22.7 Å². The number of fused-ring (bicyclic) bond motifs is 1. The second-order valence-corrected chi connectivity index (χ2v) is 3.91. The van der Waals surface area contributed by atoms with E-state index in [1.807, 2.05) is 24.3 Å². The number of benzene rings is 1. The van der Waals surface area contributed by atoms with Crippen molar-refractivity contribution in [3.05, 3.63) is 36.5 Å². The van der Waals surface area contributed by atoms with Gasteiger partial charge in [0.05, 0.1) is 19.8 Å². The average Bonchev–Trinajstić information content (AvgIpc) is 2.90. The van der Waals surface area contributed by atoms with Crippen LogP contribution in [0.15, 0.2) is 40.9 Å². The molecule has 2 heterocycles. The molecule has 0 spiro atoms. The Morgan fingerprint density at radius 1 is 1.11 bits per heavy atom. The van der Waals surface area contributed by atoms with E-state index in [1.54, 1.807) is 26.5 Å². The molecule has 0 saturated heterocycles. The lowest BCUT2D eigenvalue weighted by Gasteiger charge is -2.07. The molecule has 0 amide bonds. The maximum Gasteiger partial charge on any atom is 0.232 e. The molecule has 0 aliphatic heterocycles. The molecule has 1 aromatic carbocycles. The zero-order valence-electron chi connectivity index (χ0n) is 10.6. The Morgan fingerprint density at radius 3 is 2.74 bits per heavy atom. The number of rotatable bonds is 3. The van der Waals surface area contributed by atoms with Gasteiger partial charge in [-0.1, -0.05) is 0 Å². The van der Waals surface area contributed by atoms with Gasteiger partial charge in [0.2, 0.25) is 5.89 Å². The summed E-state index contributed by atoms with van der Waals surface area (Å²) in [5.41, 5.74) is 1.95. The van der Waals surface area contributed by atoms with Gasteiger partial charge in [0.1, 0.15) is 11.5 Å². The molecular formula is C14H12N2O3. The zero-order valence-corrected chi connectivity index (χ0v) is 10.6. The Balaban J connectivity index is 2.19. The predicted octanol–water partition coefficient (Wildman–Crippen LogP) is 2.91. The predicted molar refractivity (Wildman–Crippen MR) is 70.3 cm³/mol. The molecule has 0 bridgehead atoms. The van der Waals surface area contributed by atoms with E-state index in [4.69, 9.17) is 13.9 Å². The summed E-state index contributed by atoms with van der Waals surface area (Å²) >= 11 is 0. The molecule has 0 radical (unpaired) electrons. The van der Waals surface area contributed by atoms with Crippen LogP contribution in [0.3, 0.4) is 0 Å². The Kier molecular flexibility index (Phi) is 2.79. The van der Waals surface area contributed by atoms with E-state index in [9.17, 15) is 0 Å². The van der Waals surface area contributed by atoms with E-state index >= 15 is 0 Å². The molecule has 0 fully saturated rings. The first-order valence-electron chi connectivity index (χ1n) is 5.76. The number of hydrogen-bond donors (Lipinski definition) is 0. The number of ether oxygens (including phenoxy) is 2. The lowest BCUT2D eigenvalue weighted by Crippen LogP contribution is -1.90. The highest BCUT2D eigenvalue weighted by Crippen LogP contribution is 2.34. The fourth-order valence-electron chi connectivity index (χ4n) is 1.87. The summed E-state index contributed by atoms with van der Waals surface area (Å²) in [6.45, 7) is 0. The standard InChI is InChI=1S/C14H12N2O3/c1-17-9-5-6-11(18-2)10(8-9)14-16-13-12(19-14)4-3-7-15-13/h3-8H,1-2H3. The van der Waals surface area contributed by atoms with Crippen molar-refractivity contribution in [1.82, 2.24) is 9.97 Å². The molecule has 0 aliphatic rings. The smallest absolute Gasteiger partial charge is 0.232 e. The highest BCUT2D eigenvalue weighted by molar-refractivity contribution is 5.74. The molecule has 19 heavy (non-hydrogen) atoms. The van der Waals surface area contributed by atoms with Crippen LogP contribution in [-0.2, 0) is 0 Å². The van der Waals surface area contributed by atoms with Crippen molar-refractivity contribution in [3.63, 3.8) is 0 Å². The minimum atomic E-state index is 0.462. The first-order valence-corrected chi connectivity index (χ1v) is 5.76. The number of aromatic nitrogens is 2. The van der Waals surface area contributed by atoms with E-state index in [-0.39, 0.29) is 0 Å². The first-order chi connectivity index (χ1) is 9.31. The molecule has 5 nitrogen and oxygen atoms in total. The Labute approximate surface area is 109 Å². The van der Waals surface area contributed by atoms with Crippen molar-refractivity contribution >= 4 is 11.2 Å². The zero-order chi connectivity index (χ0) is 13.2. The third-order valence-electron chi connectivity index (χ3n) is 2.80. The van der Waals surface area contributed by atoms with Gasteiger partial charge in [0, 0.05) is 6.20 Å². The second-order valence-electron chi connectivity index (χ2n) is 3.91. The summed E-state index contributed by atoms with van der Waals surface area (Å²) in [5, 5.41) is 0. The monoisotopic (exact) mass is 256 g/mol. The lowest BCUT2D eigenvalue weighted by molar-refractivity contribution is 0.403. The Hall–Kier alpha value is -2.56. The molecule has 0 saturated carbocycles. The van der Waals surface area contributed by atoms with Crippen LogP contribution in [0, 0.1) is 0 Å². The fourth-order valence-corrected chi connectivity index (χ4v) is 1.87. The van der Waals surface area contributed by atoms with Gasteiger partial charge in [-0.15, -0.1) is 0 Å². The molecule has 0 atom stereocenters. The van der Waals surface area contributed by atoms with Crippen LogP contribution < -0.4 is 9.47 Å². The lowest BCUT2D eigenvalue weighted by atomic mass is 10.2. The number of pyridine rings is 1. The van der Waals surface area contributed by atoms with Crippen LogP contribution in [0.2, 0.25) is 0 Å². The Bertz CT molecular complexity index is 689. The average molecular weight is 256 g/mol. The third-order valence-corrected chi connectivity index (χ3v) is 2.80. The van der Waals surface area contributed by atoms with E-state index in [0.717, 1.165) is 5.56 Å². The first kappa shape index (κ1) is 11.5. The van der Waals surface area contributed by atoms with Crippen molar-refractivity contribution in [2.45, 2.75) is 0 Å². The van der Waals surface area contributed by atoms with Gasteiger partial charge >= 0.3 is 0 Å². The van der Waals surface area contributed by atoms with E-state index in [2.05, 4.69) is 9.97 Å². The van der Waals surface area contributed by atoms with Gasteiger partial charge in [-0.3, -0.25) is 0 Å². The third kappa shape index (κ3) is 1.99. The molecule has 0 aliphatic carbocycles. The summed E-state index contributed by atoms with van der Waals surface area (Å²) in [6.07, 6.45) is 1.68. The number of hydrogen-bond acceptors (Lipinski definition) is 5. The minimum Gasteiger partial charge on any atom is -0.497 e. The molecule has 0 unspecified atom stereocenters. The Morgan fingerprint density at radius 2 is 2.00 bits per heavy atom. The normalized spacial score (nSPS) is 10.6. The maximum absolute atomic E-state index is 5.69. The van der Waals surface area contributed by atoms with E-state index in [0.29, 0.717) is 28.6 Å². The number of methoxy groups -OCH3 is 2. The summed E-state index contributed by atoms with van der Waals surface area (Å²) in [7, 11) is 3.21. The van der Waals surface area contributed by atoms with Crippen molar-refractivity contribution in [1.29, 1.82) is 0 Å². The van der Waals surface area contributed by atoms with Gasteiger partial charge in [-0.05, 0) is 30.3 Å². The van der Waals surface area contributed by atoms with Gasteiger partial charge in [0.25, 0.3) is 0 Å². The van der Waals surface area contributed by atoms with Crippen molar-refractivity contribution in [2.75, 3.05) is 14.2 Å². The molecular weight excluding hydrogens is 244 g/mol. The molecule has 2 aromatic heterocycles. The molecule has 5 heteroatoms. The van der Waals surface area contributed by atoms with Crippen molar-refractivity contribution < 1.29 is 13.9 Å². The number of oxazole rings is 1. The highest BCUT2D eigenvalue weighted by atomic mass is 16.5. The molecule has 3 rings (SSSR count). The summed E-state index contributed by atoms with van der Waals surface area (Å²) in [4.78, 5) is 8.50. The summed E-state index contributed by atoms with van der Waals surface area (Å²) in [6, 6.07) is 9.09. The fraction of sp³-hybridized carbons (Fsp3) is 0.143. The van der Waals surface area contributed by atoms with E-state index in [1.165, 1.54) is 0 Å². The molecule has 3 aromatic rings. The van der Waals surface area contributed by atoms with Crippen LogP contribution in [0.4, 0.5) is 0 Å². The van der Waals surface area contributed by atoms with Crippen molar-refractivity contribution in [2.24, 2.45) is 0 Å². The van der Waals surface area contributed by atoms with E-state index < -0.39 is 0 Å². The minimum absolute atomic E-state index is 0.462. The topological polar surface area (TPSA) is 57.4 Å².